The minimum absolute atomic E-state index is 0.0107. The average Bonchev–Trinajstić information content (AvgIpc) is 2.28. The molecule has 1 aromatic carbocycles. The van der Waals surface area contributed by atoms with Crippen LogP contribution in [0.15, 0.2) is 18.2 Å². The first-order valence-electron chi connectivity index (χ1n) is 5.50. The molecule has 0 spiro atoms. The lowest BCUT2D eigenvalue weighted by atomic mass is 10.2. The molecule has 2 amide bonds. The maximum atomic E-state index is 11.7. The van der Waals surface area contributed by atoms with Gasteiger partial charge in [0.2, 0.25) is 0 Å². The molecule has 1 aromatic rings. The summed E-state index contributed by atoms with van der Waals surface area (Å²) in [5.41, 5.74) is 0.481. The predicted octanol–water partition coefficient (Wildman–Crippen LogP) is 2.91. The summed E-state index contributed by atoms with van der Waals surface area (Å²) in [5, 5.41) is 11.6. The Morgan fingerprint density at radius 3 is 2.61 bits per heavy atom. The van der Waals surface area contributed by atoms with Crippen molar-refractivity contribution in [2.75, 3.05) is 18.9 Å². The molecule has 0 aliphatic heterocycles. The predicted molar refractivity (Wildman–Crippen MR) is 70.4 cm³/mol. The molecule has 0 unspecified atom stereocenters. The number of carbonyl (C=O) groups is 2. The lowest BCUT2D eigenvalue weighted by Crippen LogP contribution is -2.31. The first-order valence-corrected chi connectivity index (χ1v) is 5.88. The van der Waals surface area contributed by atoms with Crippen LogP contribution in [0, 0.1) is 0 Å². The number of urea groups is 1. The largest absolute Gasteiger partial charge is 0.478 e. The van der Waals surface area contributed by atoms with Crippen LogP contribution in [0.1, 0.15) is 23.7 Å². The highest BCUT2D eigenvalue weighted by atomic mass is 35.5. The fourth-order valence-electron chi connectivity index (χ4n) is 1.42. The van der Waals surface area contributed by atoms with Crippen molar-refractivity contribution in [3.05, 3.63) is 28.8 Å². The van der Waals surface area contributed by atoms with Crippen LogP contribution in [0.25, 0.3) is 0 Å². The number of benzene rings is 1. The molecule has 1 rings (SSSR count). The number of hydrogen-bond acceptors (Lipinski definition) is 2. The molecular weight excluding hydrogens is 256 g/mol. The number of aromatic carboxylic acids is 1. The van der Waals surface area contributed by atoms with Gasteiger partial charge < -0.3 is 15.3 Å². The van der Waals surface area contributed by atoms with E-state index in [9.17, 15) is 9.59 Å². The van der Waals surface area contributed by atoms with E-state index in [1.54, 1.807) is 11.9 Å². The van der Waals surface area contributed by atoms with Crippen molar-refractivity contribution in [3.63, 3.8) is 0 Å². The van der Waals surface area contributed by atoms with E-state index in [-0.39, 0.29) is 16.6 Å². The third kappa shape index (κ3) is 3.63. The number of carbonyl (C=O) groups excluding carboxylic acids is 1. The zero-order chi connectivity index (χ0) is 13.7. The van der Waals surface area contributed by atoms with Gasteiger partial charge in [-0.1, -0.05) is 18.5 Å². The summed E-state index contributed by atoms with van der Waals surface area (Å²) in [7, 11) is 1.69. The Kier molecular flexibility index (Phi) is 4.97. The fourth-order valence-corrected chi connectivity index (χ4v) is 1.68. The Morgan fingerprint density at radius 1 is 1.44 bits per heavy atom. The van der Waals surface area contributed by atoms with E-state index in [4.69, 9.17) is 16.7 Å². The molecular formula is C12H15ClN2O3. The molecule has 0 radical (unpaired) electrons. The summed E-state index contributed by atoms with van der Waals surface area (Å²) >= 11 is 5.80. The van der Waals surface area contributed by atoms with E-state index in [2.05, 4.69) is 5.32 Å². The van der Waals surface area contributed by atoms with Crippen LogP contribution in [-0.2, 0) is 0 Å². The maximum Gasteiger partial charge on any atom is 0.337 e. The Hall–Kier alpha value is -1.75. The van der Waals surface area contributed by atoms with Gasteiger partial charge in [-0.2, -0.15) is 0 Å². The number of carboxylic acids is 1. The summed E-state index contributed by atoms with van der Waals surface area (Å²) in [4.78, 5) is 24.0. The van der Waals surface area contributed by atoms with Gasteiger partial charge in [0.15, 0.2) is 0 Å². The second kappa shape index (κ2) is 6.26. The first-order chi connectivity index (χ1) is 8.45. The molecule has 0 aliphatic rings. The van der Waals surface area contributed by atoms with Crippen molar-refractivity contribution in [2.24, 2.45) is 0 Å². The van der Waals surface area contributed by atoms with E-state index < -0.39 is 5.97 Å². The van der Waals surface area contributed by atoms with E-state index in [1.807, 2.05) is 6.92 Å². The van der Waals surface area contributed by atoms with Crippen molar-refractivity contribution < 1.29 is 14.7 Å². The minimum atomic E-state index is -1.10. The lowest BCUT2D eigenvalue weighted by molar-refractivity contribution is 0.0697. The minimum Gasteiger partial charge on any atom is -0.478 e. The highest BCUT2D eigenvalue weighted by Gasteiger charge is 2.11. The van der Waals surface area contributed by atoms with Gasteiger partial charge in [-0.15, -0.1) is 0 Å². The average molecular weight is 271 g/mol. The van der Waals surface area contributed by atoms with Crippen LogP contribution in [-0.4, -0.2) is 35.6 Å². The molecule has 2 N–H and O–H groups in total. The number of nitrogens with zero attached hydrogens (tertiary/aromatic N) is 1. The van der Waals surface area contributed by atoms with Crippen LogP contribution in [0.4, 0.5) is 10.5 Å². The number of rotatable bonds is 4. The molecule has 0 fully saturated rings. The number of halogens is 1. The molecule has 5 nitrogen and oxygen atoms in total. The van der Waals surface area contributed by atoms with Crippen LogP contribution in [0.2, 0.25) is 5.02 Å². The standard InChI is InChI=1S/C12H15ClN2O3/c1-3-6-15(2)12(18)14-8-4-5-9(11(16)17)10(13)7-8/h4-5,7H,3,6H2,1-2H3,(H,14,18)(H,16,17). The Balaban J connectivity index is 2.77. The Bertz CT molecular complexity index is 463. The summed E-state index contributed by atoms with van der Waals surface area (Å²) in [6, 6.07) is 4.03. The van der Waals surface area contributed by atoms with Crippen molar-refractivity contribution in [1.29, 1.82) is 0 Å². The molecule has 0 saturated heterocycles. The van der Waals surface area contributed by atoms with Crippen LogP contribution >= 0.6 is 11.6 Å². The highest BCUT2D eigenvalue weighted by molar-refractivity contribution is 6.33. The van der Waals surface area contributed by atoms with Crippen molar-refractivity contribution in [1.82, 2.24) is 4.90 Å². The normalized spacial score (nSPS) is 9.94. The van der Waals surface area contributed by atoms with Crippen molar-refractivity contribution in [2.45, 2.75) is 13.3 Å². The zero-order valence-electron chi connectivity index (χ0n) is 10.2. The SMILES string of the molecule is CCCN(C)C(=O)Nc1ccc(C(=O)O)c(Cl)c1. The van der Waals surface area contributed by atoms with Gasteiger partial charge in [0.1, 0.15) is 0 Å². The summed E-state index contributed by atoms with van der Waals surface area (Å²) in [6.45, 7) is 2.62. The van der Waals surface area contributed by atoms with Gasteiger partial charge in [-0.05, 0) is 24.6 Å². The van der Waals surface area contributed by atoms with E-state index in [0.717, 1.165) is 6.42 Å². The molecule has 98 valence electrons. The quantitative estimate of drug-likeness (QED) is 0.884. The summed E-state index contributed by atoms with van der Waals surface area (Å²) in [6.07, 6.45) is 0.864. The van der Waals surface area contributed by atoms with Crippen LogP contribution in [0.3, 0.4) is 0 Å². The molecule has 18 heavy (non-hydrogen) atoms. The van der Waals surface area contributed by atoms with Gasteiger partial charge in [0.05, 0.1) is 10.6 Å². The van der Waals surface area contributed by atoms with E-state index >= 15 is 0 Å². The first kappa shape index (κ1) is 14.3. The van der Waals surface area contributed by atoms with E-state index in [1.165, 1.54) is 18.2 Å². The summed E-state index contributed by atoms with van der Waals surface area (Å²) in [5.74, 6) is -1.10. The van der Waals surface area contributed by atoms with E-state index in [0.29, 0.717) is 12.2 Å². The molecule has 6 heteroatoms. The second-order valence-electron chi connectivity index (χ2n) is 3.85. The monoisotopic (exact) mass is 270 g/mol. The molecule has 0 atom stereocenters. The smallest absolute Gasteiger partial charge is 0.337 e. The third-order valence-corrected chi connectivity index (χ3v) is 2.67. The molecule has 0 heterocycles. The topological polar surface area (TPSA) is 69.6 Å². The lowest BCUT2D eigenvalue weighted by Gasteiger charge is -2.17. The number of anilines is 1. The maximum absolute atomic E-state index is 11.7. The number of carboxylic acid groups (broad SMARTS) is 1. The van der Waals surface area contributed by atoms with Gasteiger partial charge in [0, 0.05) is 19.3 Å². The molecule has 0 saturated carbocycles. The molecule has 0 aliphatic carbocycles. The van der Waals surface area contributed by atoms with Crippen molar-refractivity contribution >= 4 is 29.3 Å². The van der Waals surface area contributed by atoms with Crippen LogP contribution in [0.5, 0.6) is 0 Å². The Morgan fingerprint density at radius 2 is 2.11 bits per heavy atom. The number of nitrogens with one attached hydrogen (secondary N) is 1. The number of amides is 2. The second-order valence-corrected chi connectivity index (χ2v) is 4.26. The summed E-state index contributed by atoms with van der Waals surface area (Å²) < 4.78 is 0. The fraction of sp³-hybridized carbons (Fsp3) is 0.333. The number of hydrogen-bond donors (Lipinski definition) is 2. The molecule has 0 aromatic heterocycles. The van der Waals surface area contributed by atoms with Gasteiger partial charge in [0.25, 0.3) is 0 Å². The zero-order valence-corrected chi connectivity index (χ0v) is 11.0. The highest BCUT2D eigenvalue weighted by Crippen LogP contribution is 2.21. The van der Waals surface area contributed by atoms with Gasteiger partial charge in [-0.3, -0.25) is 0 Å². The third-order valence-electron chi connectivity index (χ3n) is 2.36. The van der Waals surface area contributed by atoms with Gasteiger partial charge in [-0.25, -0.2) is 9.59 Å². The van der Waals surface area contributed by atoms with Crippen molar-refractivity contribution in [3.8, 4) is 0 Å². The van der Waals surface area contributed by atoms with Crippen LogP contribution < -0.4 is 5.32 Å². The molecule has 0 bridgehead atoms. The van der Waals surface area contributed by atoms with Gasteiger partial charge >= 0.3 is 12.0 Å². The Labute approximate surface area is 110 Å².